The highest BCUT2D eigenvalue weighted by atomic mass is 32.2. The predicted molar refractivity (Wildman–Crippen MR) is 83.3 cm³/mol. The van der Waals surface area contributed by atoms with Crippen molar-refractivity contribution in [3.05, 3.63) is 45.6 Å². The van der Waals surface area contributed by atoms with Crippen LogP contribution in [-0.2, 0) is 9.84 Å². The predicted octanol–water partition coefficient (Wildman–Crippen LogP) is 3.91. The van der Waals surface area contributed by atoms with Crippen LogP contribution in [0.15, 0.2) is 45.6 Å². The second-order valence-electron chi connectivity index (χ2n) is 6.99. The molecule has 0 bridgehead atoms. The van der Waals surface area contributed by atoms with E-state index in [1.807, 2.05) is 27.7 Å². The lowest BCUT2D eigenvalue weighted by Gasteiger charge is -2.31. The highest BCUT2D eigenvalue weighted by Crippen LogP contribution is 2.43. The van der Waals surface area contributed by atoms with Gasteiger partial charge in [-0.05, 0) is 37.1 Å². The van der Waals surface area contributed by atoms with Crippen molar-refractivity contribution in [1.82, 2.24) is 0 Å². The van der Waals surface area contributed by atoms with Gasteiger partial charge in [-0.2, -0.15) is 0 Å². The largest absolute Gasteiger partial charge is 0.512 e. The summed E-state index contributed by atoms with van der Waals surface area (Å²) < 4.78 is 25.5. The molecule has 2 aliphatic carbocycles. The minimum absolute atomic E-state index is 0.192. The topological polar surface area (TPSA) is 74.6 Å². The summed E-state index contributed by atoms with van der Waals surface area (Å²) in [5.41, 5.74) is -1.17. The number of aliphatic hydroxyl groups excluding tert-OH is 2. The summed E-state index contributed by atoms with van der Waals surface area (Å²) in [4.78, 5) is 0.615. The second kappa shape index (κ2) is 4.77. The van der Waals surface area contributed by atoms with Gasteiger partial charge in [0.25, 0.3) is 0 Å². The average molecular weight is 310 g/mol. The molecule has 0 fully saturated rings. The Balaban J connectivity index is 2.42. The Morgan fingerprint density at radius 3 is 1.43 bits per heavy atom. The SMILES string of the molecule is CC1(C)CC(S(=O)(=O)C2=CC=C(O)C(C)(C)C2)=CC=C1O. The van der Waals surface area contributed by atoms with Crippen molar-refractivity contribution in [1.29, 1.82) is 0 Å². The number of hydrogen-bond acceptors (Lipinski definition) is 4. The van der Waals surface area contributed by atoms with Gasteiger partial charge >= 0.3 is 0 Å². The first-order valence-corrected chi connectivity index (χ1v) is 8.41. The summed E-state index contributed by atoms with van der Waals surface area (Å²) in [6.45, 7) is 7.25. The van der Waals surface area contributed by atoms with Crippen molar-refractivity contribution in [3.63, 3.8) is 0 Å². The van der Waals surface area contributed by atoms with Crippen molar-refractivity contribution in [3.8, 4) is 0 Å². The van der Waals surface area contributed by atoms with Crippen LogP contribution in [0.25, 0.3) is 0 Å². The van der Waals surface area contributed by atoms with Crippen LogP contribution in [0.5, 0.6) is 0 Å². The molecule has 2 N–H and O–H groups in total. The summed E-state index contributed by atoms with van der Waals surface area (Å²) in [5.74, 6) is 0.383. The molecule has 0 aromatic rings. The van der Waals surface area contributed by atoms with Gasteiger partial charge in [-0.15, -0.1) is 0 Å². The van der Waals surface area contributed by atoms with E-state index in [1.54, 1.807) is 0 Å². The van der Waals surface area contributed by atoms with E-state index >= 15 is 0 Å². The van der Waals surface area contributed by atoms with Gasteiger partial charge in [0, 0.05) is 20.6 Å². The summed E-state index contributed by atoms with van der Waals surface area (Å²) >= 11 is 0. The molecule has 0 spiro atoms. The Morgan fingerprint density at radius 1 is 0.810 bits per heavy atom. The van der Waals surface area contributed by atoms with Crippen LogP contribution in [0.2, 0.25) is 0 Å². The first-order chi connectivity index (χ1) is 9.47. The molecule has 5 heteroatoms. The highest BCUT2D eigenvalue weighted by Gasteiger charge is 2.37. The van der Waals surface area contributed by atoms with Crippen LogP contribution in [0.1, 0.15) is 40.5 Å². The second-order valence-corrected chi connectivity index (χ2v) is 9.05. The van der Waals surface area contributed by atoms with Crippen molar-refractivity contribution in [2.45, 2.75) is 40.5 Å². The zero-order chi connectivity index (χ0) is 16.1. The molecule has 0 unspecified atom stereocenters. The van der Waals surface area contributed by atoms with Gasteiger partial charge in [0.2, 0.25) is 0 Å². The third kappa shape index (κ3) is 2.79. The van der Waals surface area contributed by atoms with Crippen LogP contribution in [0, 0.1) is 10.8 Å². The first-order valence-electron chi connectivity index (χ1n) is 6.92. The smallest absolute Gasteiger partial charge is 0.199 e. The third-order valence-corrected chi connectivity index (χ3v) is 6.11. The Labute approximate surface area is 126 Å². The van der Waals surface area contributed by atoms with Crippen LogP contribution < -0.4 is 0 Å². The number of aliphatic hydroxyl groups is 2. The Bertz CT molecular complexity index is 632. The van der Waals surface area contributed by atoms with Crippen LogP contribution >= 0.6 is 0 Å². The molecule has 0 atom stereocenters. The maximum absolute atomic E-state index is 12.8. The van der Waals surface area contributed by atoms with E-state index in [2.05, 4.69) is 0 Å². The number of rotatable bonds is 2. The van der Waals surface area contributed by atoms with Gasteiger partial charge in [-0.1, -0.05) is 27.7 Å². The molecule has 116 valence electrons. The summed E-state index contributed by atoms with van der Waals surface area (Å²) in [7, 11) is -3.56. The fraction of sp³-hybridized carbons (Fsp3) is 0.500. The van der Waals surface area contributed by atoms with Gasteiger partial charge in [-0.3, -0.25) is 0 Å². The molecule has 0 aromatic heterocycles. The molecule has 0 aliphatic heterocycles. The molecular weight excluding hydrogens is 288 g/mol. The molecule has 4 nitrogen and oxygen atoms in total. The molecule has 2 rings (SSSR count). The number of sulfone groups is 1. The van der Waals surface area contributed by atoms with Gasteiger partial charge in [0.05, 0.1) is 11.5 Å². The van der Waals surface area contributed by atoms with E-state index in [4.69, 9.17) is 0 Å². The average Bonchev–Trinajstić information content (AvgIpc) is 2.35. The van der Waals surface area contributed by atoms with Crippen molar-refractivity contribution in [2.24, 2.45) is 10.8 Å². The Hall–Kier alpha value is -1.49. The van der Waals surface area contributed by atoms with E-state index in [1.165, 1.54) is 24.3 Å². The summed E-state index contributed by atoms with van der Waals surface area (Å²) in [6.07, 6.45) is 6.40. The molecule has 0 saturated heterocycles. The van der Waals surface area contributed by atoms with E-state index < -0.39 is 20.7 Å². The zero-order valence-electron chi connectivity index (χ0n) is 12.8. The lowest BCUT2D eigenvalue weighted by Crippen LogP contribution is -2.25. The minimum atomic E-state index is -3.56. The van der Waals surface area contributed by atoms with Crippen molar-refractivity contribution in [2.75, 3.05) is 0 Å². The van der Waals surface area contributed by atoms with E-state index in [0.29, 0.717) is 9.81 Å². The minimum Gasteiger partial charge on any atom is -0.512 e. The van der Waals surface area contributed by atoms with Gasteiger partial charge in [-0.25, -0.2) is 8.42 Å². The highest BCUT2D eigenvalue weighted by molar-refractivity contribution is 7.99. The normalized spacial score (nSPS) is 24.6. The maximum Gasteiger partial charge on any atom is 0.199 e. The van der Waals surface area contributed by atoms with E-state index in [-0.39, 0.29) is 24.4 Å². The fourth-order valence-corrected chi connectivity index (χ4v) is 4.44. The van der Waals surface area contributed by atoms with Crippen LogP contribution in [0.4, 0.5) is 0 Å². The molecule has 0 aromatic carbocycles. The van der Waals surface area contributed by atoms with Crippen molar-refractivity contribution < 1.29 is 18.6 Å². The van der Waals surface area contributed by atoms with E-state index in [9.17, 15) is 18.6 Å². The molecule has 0 saturated carbocycles. The third-order valence-electron chi connectivity index (χ3n) is 4.16. The molecule has 0 heterocycles. The van der Waals surface area contributed by atoms with Gasteiger partial charge in [0.15, 0.2) is 9.84 Å². The Kier molecular flexibility index (Phi) is 3.61. The monoisotopic (exact) mass is 310 g/mol. The lowest BCUT2D eigenvalue weighted by atomic mass is 9.84. The standard InChI is InChI=1S/C16H22O4S/c1-15(2)9-11(5-7-13(15)17)21(19,20)12-6-8-14(18)16(3,4)10-12/h5-8,17-18H,9-10H2,1-4H3. The van der Waals surface area contributed by atoms with Gasteiger partial charge in [0.1, 0.15) is 0 Å². The molecule has 21 heavy (non-hydrogen) atoms. The summed E-state index contributed by atoms with van der Waals surface area (Å²) in [6, 6.07) is 0. The lowest BCUT2D eigenvalue weighted by molar-refractivity contribution is 0.253. The van der Waals surface area contributed by atoms with Gasteiger partial charge < -0.3 is 10.2 Å². The van der Waals surface area contributed by atoms with Crippen LogP contribution in [0.3, 0.4) is 0 Å². The summed E-state index contributed by atoms with van der Waals surface area (Å²) in [5, 5.41) is 19.6. The molecular formula is C16H22O4S. The number of hydrogen-bond donors (Lipinski definition) is 2. The molecule has 2 aliphatic rings. The Morgan fingerprint density at radius 2 is 1.14 bits per heavy atom. The quantitative estimate of drug-likeness (QED) is 0.811. The molecule has 0 amide bonds. The maximum atomic E-state index is 12.8. The fourth-order valence-electron chi connectivity index (χ4n) is 2.50. The van der Waals surface area contributed by atoms with Crippen molar-refractivity contribution >= 4 is 9.84 Å². The zero-order valence-corrected chi connectivity index (χ0v) is 13.7. The van der Waals surface area contributed by atoms with Crippen LogP contribution in [-0.4, -0.2) is 18.6 Å². The first kappa shape index (κ1) is 15.9. The molecule has 0 radical (unpaired) electrons. The van der Waals surface area contributed by atoms with E-state index in [0.717, 1.165) is 0 Å². The number of allylic oxidation sites excluding steroid dienone is 8.